The first kappa shape index (κ1) is 23.8. The van der Waals surface area contributed by atoms with E-state index in [9.17, 15) is 9.90 Å². The summed E-state index contributed by atoms with van der Waals surface area (Å²) in [5.41, 5.74) is 7.35. The van der Waals surface area contributed by atoms with E-state index in [1.807, 2.05) is 30.1 Å². The first-order valence-electron chi connectivity index (χ1n) is 11.8. The van der Waals surface area contributed by atoms with Crippen LogP contribution >= 0.6 is 0 Å². The quantitative estimate of drug-likeness (QED) is 0.370. The van der Waals surface area contributed by atoms with E-state index < -0.39 is 6.23 Å². The molecular formula is C28H34N4O2. The van der Waals surface area contributed by atoms with Gasteiger partial charge in [0.2, 0.25) is 5.91 Å². The lowest BCUT2D eigenvalue weighted by Crippen LogP contribution is -2.43. The third kappa shape index (κ3) is 5.24. The van der Waals surface area contributed by atoms with Crippen molar-refractivity contribution in [3.63, 3.8) is 0 Å². The summed E-state index contributed by atoms with van der Waals surface area (Å²) >= 11 is 0. The van der Waals surface area contributed by atoms with E-state index in [1.54, 1.807) is 13.8 Å². The van der Waals surface area contributed by atoms with Gasteiger partial charge in [-0.05, 0) is 86.0 Å². The van der Waals surface area contributed by atoms with E-state index in [-0.39, 0.29) is 18.0 Å². The monoisotopic (exact) mass is 458 g/mol. The molecule has 3 aromatic rings. The van der Waals surface area contributed by atoms with Crippen LogP contribution in [-0.2, 0) is 11.3 Å². The van der Waals surface area contributed by atoms with E-state index in [4.69, 9.17) is 0 Å². The number of fused-ring (bicyclic) bond motifs is 1. The topological polar surface area (TPSA) is 76.6 Å². The number of nitrogens with zero attached hydrogens (tertiary/aromatic N) is 1. The molecule has 1 unspecified atom stereocenters. The van der Waals surface area contributed by atoms with Gasteiger partial charge in [-0.3, -0.25) is 4.79 Å². The Hall–Kier alpha value is -3.35. The zero-order valence-electron chi connectivity index (χ0n) is 20.3. The highest BCUT2D eigenvalue weighted by Crippen LogP contribution is 2.41. The van der Waals surface area contributed by atoms with Crippen molar-refractivity contribution in [2.45, 2.75) is 52.0 Å². The predicted molar refractivity (Wildman–Crippen MR) is 140 cm³/mol. The van der Waals surface area contributed by atoms with Crippen LogP contribution in [0.25, 0.3) is 11.1 Å². The lowest BCUT2D eigenvalue weighted by Gasteiger charge is -2.39. The molecule has 0 aromatic heterocycles. The molecule has 1 amide bonds. The van der Waals surface area contributed by atoms with Crippen LogP contribution in [-0.4, -0.2) is 30.3 Å². The molecule has 34 heavy (non-hydrogen) atoms. The molecule has 1 heterocycles. The van der Waals surface area contributed by atoms with Crippen LogP contribution in [0.4, 0.5) is 17.1 Å². The number of nitrogens with one attached hydrogen (secondary N) is 3. The minimum atomic E-state index is -0.627. The highest BCUT2D eigenvalue weighted by Gasteiger charge is 2.32. The Labute approximate surface area is 202 Å². The van der Waals surface area contributed by atoms with Gasteiger partial charge in [0.25, 0.3) is 0 Å². The number of aliphatic hydroxyl groups is 1. The summed E-state index contributed by atoms with van der Waals surface area (Å²) in [7, 11) is 1.95. The van der Waals surface area contributed by atoms with Crippen LogP contribution in [0.2, 0.25) is 0 Å². The highest BCUT2D eigenvalue weighted by atomic mass is 16.3. The van der Waals surface area contributed by atoms with Crippen LogP contribution in [0.1, 0.15) is 44.4 Å². The highest BCUT2D eigenvalue weighted by molar-refractivity contribution is 5.94. The molecule has 6 heteroatoms. The number of anilines is 3. The van der Waals surface area contributed by atoms with E-state index in [1.165, 1.54) is 5.56 Å². The van der Waals surface area contributed by atoms with Crippen molar-refractivity contribution in [1.82, 2.24) is 5.32 Å². The summed E-state index contributed by atoms with van der Waals surface area (Å²) < 4.78 is 0. The van der Waals surface area contributed by atoms with Crippen LogP contribution in [0.15, 0.2) is 66.7 Å². The summed E-state index contributed by atoms with van der Waals surface area (Å²) in [4.78, 5) is 14.4. The summed E-state index contributed by atoms with van der Waals surface area (Å²) in [5, 5.41) is 19.6. The summed E-state index contributed by atoms with van der Waals surface area (Å²) in [6, 6.07) is 23.0. The lowest BCUT2D eigenvalue weighted by molar-refractivity contribution is -0.117. The van der Waals surface area contributed by atoms with Crippen molar-refractivity contribution < 1.29 is 9.90 Å². The standard InChI is InChI=1S/C28H34N4O2/c1-18-14-27(31-24-11-8-21(9-12-24)17-29-4)26-16-23(10-13-28(26)32(18)20(3)34)22-6-5-7-25(15-22)30-19(2)33/h5-13,15-16,18-19,27,29-31,33H,14,17H2,1-4H3/t18-,19?,27+/m0/s1. The average Bonchev–Trinajstić information content (AvgIpc) is 2.80. The second-order valence-electron chi connectivity index (χ2n) is 9.07. The number of hydrogen-bond donors (Lipinski definition) is 4. The van der Waals surface area contributed by atoms with Gasteiger partial charge in [-0.2, -0.15) is 0 Å². The Balaban J connectivity index is 1.70. The van der Waals surface area contributed by atoms with Gasteiger partial charge in [0.1, 0.15) is 6.23 Å². The van der Waals surface area contributed by atoms with Gasteiger partial charge in [-0.1, -0.05) is 30.3 Å². The fraction of sp³-hybridized carbons (Fsp3) is 0.321. The molecule has 1 aliphatic heterocycles. The smallest absolute Gasteiger partial charge is 0.224 e. The van der Waals surface area contributed by atoms with Crippen molar-refractivity contribution in [2.24, 2.45) is 0 Å². The first-order valence-corrected chi connectivity index (χ1v) is 11.8. The van der Waals surface area contributed by atoms with Crippen LogP contribution in [0.3, 0.4) is 0 Å². The predicted octanol–water partition coefficient (Wildman–Crippen LogP) is 5.12. The zero-order valence-corrected chi connectivity index (χ0v) is 20.3. The molecule has 0 aliphatic carbocycles. The molecule has 0 radical (unpaired) electrons. The molecule has 4 N–H and O–H groups in total. The number of rotatable bonds is 7. The summed E-state index contributed by atoms with van der Waals surface area (Å²) in [5.74, 6) is 0.0551. The van der Waals surface area contributed by atoms with Gasteiger partial charge in [0, 0.05) is 36.6 Å². The van der Waals surface area contributed by atoms with E-state index in [0.717, 1.165) is 46.7 Å². The van der Waals surface area contributed by atoms with Crippen molar-refractivity contribution in [2.75, 3.05) is 22.6 Å². The number of hydrogen-bond acceptors (Lipinski definition) is 5. The molecule has 3 atom stereocenters. The van der Waals surface area contributed by atoms with E-state index in [0.29, 0.717) is 0 Å². The minimum absolute atomic E-state index is 0.0551. The normalized spacial score (nSPS) is 18.2. The molecule has 178 valence electrons. The molecule has 4 rings (SSSR count). The fourth-order valence-electron chi connectivity index (χ4n) is 4.81. The molecule has 0 spiro atoms. The number of aliphatic hydroxyl groups excluding tert-OH is 1. The molecule has 0 fully saturated rings. The second kappa shape index (κ2) is 10.3. The lowest BCUT2D eigenvalue weighted by atomic mass is 9.88. The van der Waals surface area contributed by atoms with Gasteiger partial charge >= 0.3 is 0 Å². The van der Waals surface area contributed by atoms with Crippen LogP contribution in [0, 0.1) is 0 Å². The van der Waals surface area contributed by atoms with E-state index >= 15 is 0 Å². The number of benzene rings is 3. The Kier molecular flexibility index (Phi) is 7.20. The number of carbonyl (C=O) groups excluding carboxylic acids is 1. The number of amides is 1. The Morgan fingerprint density at radius 1 is 1.06 bits per heavy atom. The van der Waals surface area contributed by atoms with Crippen LogP contribution < -0.4 is 20.9 Å². The van der Waals surface area contributed by atoms with Gasteiger partial charge < -0.3 is 26.0 Å². The zero-order chi connectivity index (χ0) is 24.2. The molecular weight excluding hydrogens is 424 g/mol. The SMILES string of the molecule is CNCc1ccc(N[C@@H]2C[C@H](C)N(C(C)=O)c3ccc(-c4cccc(NC(C)O)c4)cc32)cc1. The first-order chi connectivity index (χ1) is 16.4. The Bertz CT molecular complexity index is 1140. The minimum Gasteiger partial charge on any atom is -0.378 e. The maximum Gasteiger partial charge on any atom is 0.224 e. The van der Waals surface area contributed by atoms with Crippen molar-refractivity contribution >= 4 is 23.0 Å². The maximum absolute atomic E-state index is 12.5. The fourth-order valence-corrected chi connectivity index (χ4v) is 4.81. The molecule has 0 saturated heterocycles. The Morgan fingerprint density at radius 2 is 1.79 bits per heavy atom. The summed E-state index contributed by atoms with van der Waals surface area (Å²) in [6.45, 7) is 6.27. The summed E-state index contributed by atoms with van der Waals surface area (Å²) in [6.07, 6.45) is 0.190. The third-order valence-electron chi connectivity index (χ3n) is 6.27. The van der Waals surface area contributed by atoms with Crippen molar-refractivity contribution in [1.29, 1.82) is 0 Å². The van der Waals surface area contributed by atoms with Gasteiger partial charge in [0.05, 0.1) is 6.04 Å². The van der Waals surface area contributed by atoms with Crippen molar-refractivity contribution in [3.05, 3.63) is 77.9 Å². The molecule has 0 bridgehead atoms. The molecule has 3 aromatic carbocycles. The second-order valence-corrected chi connectivity index (χ2v) is 9.07. The molecule has 0 saturated carbocycles. The van der Waals surface area contributed by atoms with Crippen LogP contribution in [0.5, 0.6) is 0 Å². The largest absolute Gasteiger partial charge is 0.378 e. The Morgan fingerprint density at radius 3 is 2.47 bits per heavy atom. The van der Waals surface area contributed by atoms with Gasteiger partial charge in [0.15, 0.2) is 0 Å². The van der Waals surface area contributed by atoms with Gasteiger partial charge in [-0.15, -0.1) is 0 Å². The third-order valence-corrected chi connectivity index (χ3v) is 6.27. The molecule has 1 aliphatic rings. The van der Waals surface area contributed by atoms with E-state index in [2.05, 4.69) is 71.4 Å². The van der Waals surface area contributed by atoms with Crippen molar-refractivity contribution in [3.8, 4) is 11.1 Å². The number of carbonyl (C=O) groups is 1. The maximum atomic E-state index is 12.5. The average molecular weight is 459 g/mol. The van der Waals surface area contributed by atoms with Gasteiger partial charge in [-0.25, -0.2) is 0 Å². The molecule has 6 nitrogen and oxygen atoms in total.